The summed E-state index contributed by atoms with van der Waals surface area (Å²) >= 11 is 0. The summed E-state index contributed by atoms with van der Waals surface area (Å²) in [6, 6.07) is 0.689. The largest absolute Gasteiger partial charge is 0.355 e. The quantitative estimate of drug-likeness (QED) is 0.721. The van der Waals surface area contributed by atoms with Gasteiger partial charge in [-0.15, -0.1) is 0 Å². The average Bonchev–Trinajstić information content (AvgIpc) is 3.30. The molecule has 3 aliphatic rings. The number of hydrogen-bond donors (Lipinski definition) is 2. The molecule has 1 atom stereocenters. The smallest absolute Gasteiger partial charge is 0.234 e. The fourth-order valence-electron chi connectivity index (χ4n) is 3.01. The fourth-order valence-corrected chi connectivity index (χ4v) is 3.01. The highest BCUT2D eigenvalue weighted by molar-refractivity contribution is 5.78. The maximum Gasteiger partial charge on any atom is 0.234 e. The molecular weight excluding hydrogens is 238 g/mol. The van der Waals surface area contributed by atoms with Crippen molar-refractivity contribution in [1.29, 1.82) is 0 Å². The van der Waals surface area contributed by atoms with Crippen LogP contribution in [-0.4, -0.2) is 49.6 Å². The summed E-state index contributed by atoms with van der Waals surface area (Å²) in [6.07, 6.45) is 7.80. The van der Waals surface area contributed by atoms with Crippen LogP contribution in [0.4, 0.5) is 0 Å². The number of hydrogen-bond acceptors (Lipinski definition) is 3. The van der Waals surface area contributed by atoms with Crippen LogP contribution in [0.2, 0.25) is 0 Å². The first-order chi connectivity index (χ1) is 9.31. The van der Waals surface area contributed by atoms with Crippen molar-refractivity contribution in [1.82, 2.24) is 15.5 Å². The summed E-state index contributed by atoms with van der Waals surface area (Å²) in [4.78, 5) is 14.4. The normalized spacial score (nSPS) is 27.5. The molecule has 0 bridgehead atoms. The van der Waals surface area contributed by atoms with E-state index in [0.717, 1.165) is 31.5 Å². The van der Waals surface area contributed by atoms with Crippen LogP contribution in [0.25, 0.3) is 0 Å². The molecule has 1 saturated heterocycles. The van der Waals surface area contributed by atoms with Crippen LogP contribution in [-0.2, 0) is 4.79 Å². The van der Waals surface area contributed by atoms with E-state index in [4.69, 9.17) is 0 Å². The van der Waals surface area contributed by atoms with E-state index < -0.39 is 0 Å². The Hall–Kier alpha value is -0.610. The van der Waals surface area contributed by atoms with Gasteiger partial charge in [0.15, 0.2) is 0 Å². The highest BCUT2D eigenvalue weighted by Crippen LogP contribution is 2.29. The molecule has 1 heterocycles. The molecule has 2 aliphatic carbocycles. The van der Waals surface area contributed by atoms with Crippen LogP contribution in [0.15, 0.2) is 0 Å². The number of nitrogens with zero attached hydrogens (tertiary/aromatic N) is 1. The molecule has 0 spiro atoms. The third kappa shape index (κ3) is 4.46. The fraction of sp³-hybridized carbons (Fsp3) is 0.933. The zero-order valence-corrected chi connectivity index (χ0v) is 11.9. The zero-order chi connectivity index (χ0) is 13.1. The van der Waals surface area contributed by atoms with Crippen LogP contribution >= 0.6 is 0 Å². The van der Waals surface area contributed by atoms with Gasteiger partial charge < -0.3 is 10.6 Å². The van der Waals surface area contributed by atoms with E-state index in [1.807, 2.05) is 0 Å². The second-order valence-corrected chi connectivity index (χ2v) is 6.62. The number of piperidine rings is 1. The molecule has 4 nitrogen and oxygen atoms in total. The topological polar surface area (TPSA) is 44.4 Å². The van der Waals surface area contributed by atoms with Crippen molar-refractivity contribution in [3.63, 3.8) is 0 Å². The molecule has 4 heteroatoms. The van der Waals surface area contributed by atoms with E-state index in [0.29, 0.717) is 12.6 Å². The second-order valence-electron chi connectivity index (χ2n) is 6.62. The minimum atomic E-state index is 0.238. The molecule has 3 fully saturated rings. The highest BCUT2D eigenvalue weighted by atomic mass is 16.2. The second kappa shape index (κ2) is 6.23. The molecule has 0 aromatic heterocycles. The van der Waals surface area contributed by atoms with Gasteiger partial charge in [-0.1, -0.05) is 0 Å². The van der Waals surface area contributed by atoms with Crippen molar-refractivity contribution < 1.29 is 4.79 Å². The third-order valence-electron chi connectivity index (χ3n) is 4.59. The van der Waals surface area contributed by atoms with Gasteiger partial charge in [-0.25, -0.2) is 0 Å². The summed E-state index contributed by atoms with van der Waals surface area (Å²) in [7, 11) is 0. The van der Waals surface area contributed by atoms with Crippen molar-refractivity contribution in [2.45, 2.75) is 44.6 Å². The predicted octanol–water partition coefficient (Wildman–Crippen LogP) is 0.977. The monoisotopic (exact) mass is 265 g/mol. The lowest BCUT2D eigenvalue weighted by Gasteiger charge is -2.29. The van der Waals surface area contributed by atoms with Gasteiger partial charge in [0, 0.05) is 19.1 Å². The Balaban J connectivity index is 1.41. The lowest BCUT2D eigenvalue weighted by molar-refractivity contribution is -0.122. The summed E-state index contributed by atoms with van der Waals surface area (Å²) in [5, 5.41) is 6.57. The third-order valence-corrected chi connectivity index (χ3v) is 4.59. The summed E-state index contributed by atoms with van der Waals surface area (Å²) in [5.41, 5.74) is 0. The first-order valence-electron chi connectivity index (χ1n) is 8.02. The van der Waals surface area contributed by atoms with E-state index in [1.54, 1.807) is 0 Å². The summed E-state index contributed by atoms with van der Waals surface area (Å²) < 4.78 is 0. The minimum Gasteiger partial charge on any atom is -0.355 e. The van der Waals surface area contributed by atoms with Gasteiger partial charge in [-0.05, 0) is 63.5 Å². The van der Waals surface area contributed by atoms with Gasteiger partial charge in [0.1, 0.15) is 0 Å². The Morgan fingerprint density at radius 3 is 2.63 bits per heavy atom. The van der Waals surface area contributed by atoms with Gasteiger partial charge in [0.2, 0.25) is 5.91 Å². The number of rotatable bonds is 7. The molecule has 1 aliphatic heterocycles. The average molecular weight is 265 g/mol. The molecule has 2 N–H and O–H groups in total. The Morgan fingerprint density at radius 2 is 2.00 bits per heavy atom. The molecule has 0 aromatic rings. The zero-order valence-electron chi connectivity index (χ0n) is 11.9. The van der Waals surface area contributed by atoms with Crippen molar-refractivity contribution in [3.05, 3.63) is 0 Å². The Kier molecular flexibility index (Phi) is 4.38. The maximum atomic E-state index is 12.0. The van der Waals surface area contributed by atoms with E-state index in [-0.39, 0.29) is 5.91 Å². The molecule has 1 unspecified atom stereocenters. The first-order valence-corrected chi connectivity index (χ1v) is 8.02. The Labute approximate surface area is 116 Å². The summed E-state index contributed by atoms with van der Waals surface area (Å²) in [6.45, 7) is 4.93. The van der Waals surface area contributed by atoms with Crippen LogP contribution < -0.4 is 10.6 Å². The molecule has 19 heavy (non-hydrogen) atoms. The van der Waals surface area contributed by atoms with Crippen molar-refractivity contribution >= 4 is 5.91 Å². The van der Waals surface area contributed by atoms with Crippen LogP contribution in [0.5, 0.6) is 0 Å². The molecule has 3 rings (SSSR count). The predicted molar refractivity (Wildman–Crippen MR) is 75.9 cm³/mol. The van der Waals surface area contributed by atoms with E-state index in [9.17, 15) is 4.79 Å². The number of amides is 1. The van der Waals surface area contributed by atoms with E-state index in [1.165, 1.54) is 45.1 Å². The molecule has 0 aromatic carbocycles. The molecule has 108 valence electrons. The number of nitrogens with one attached hydrogen (secondary N) is 2. The Bertz CT molecular complexity index is 307. The van der Waals surface area contributed by atoms with E-state index in [2.05, 4.69) is 15.5 Å². The molecule has 2 saturated carbocycles. The highest BCUT2D eigenvalue weighted by Gasteiger charge is 2.32. The van der Waals surface area contributed by atoms with Crippen molar-refractivity contribution in [2.75, 3.05) is 32.7 Å². The summed E-state index contributed by atoms with van der Waals surface area (Å²) in [5.74, 6) is 1.76. The number of carbonyl (C=O) groups is 1. The molecule has 0 radical (unpaired) electrons. The van der Waals surface area contributed by atoms with Crippen molar-refractivity contribution in [3.8, 4) is 0 Å². The van der Waals surface area contributed by atoms with Gasteiger partial charge in [-0.2, -0.15) is 0 Å². The van der Waals surface area contributed by atoms with Crippen LogP contribution in [0.3, 0.4) is 0 Å². The molecular formula is C15H27N3O. The van der Waals surface area contributed by atoms with Crippen molar-refractivity contribution in [2.24, 2.45) is 11.8 Å². The minimum absolute atomic E-state index is 0.238. The number of carbonyl (C=O) groups excluding carboxylic acids is 1. The standard InChI is InChI=1S/C15H27N3O/c19-15(17-9-12-3-4-12)11-18(14-5-6-14)10-13-2-1-7-16-8-13/h12-14,16H,1-11H2,(H,17,19). The van der Waals surface area contributed by atoms with Crippen LogP contribution in [0.1, 0.15) is 38.5 Å². The van der Waals surface area contributed by atoms with E-state index >= 15 is 0 Å². The van der Waals surface area contributed by atoms with Gasteiger partial charge >= 0.3 is 0 Å². The Morgan fingerprint density at radius 1 is 1.16 bits per heavy atom. The van der Waals surface area contributed by atoms with Gasteiger partial charge in [0.25, 0.3) is 0 Å². The van der Waals surface area contributed by atoms with Gasteiger partial charge in [0.05, 0.1) is 6.54 Å². The van der Waals surface area contributed by atoms with Crippen LogP contribution in [0, 0.1) is 11.8 Å². The lowest BCUT2D eigenvalue weighted by Crippen LogP contribution is -2.44. The van der Waals surface area contributed by atoms with Gasteiger partial charge in [-0.3, -0.25) is 9.69 Å². The first kappa shape index (κ1) is 13.4. The maximum absolute atomic E-state index is 12.0. The lowest BCUT2D eigenvalue weighted by atomic mass is 9.99. The molecule has 1 amide bonds. The SMILES string of the molecule is O=C(CN(CC1CCCNC1)C1CC1)NCC1CC1.